The molecule has 2 fully saturated rings. The van der Waals surface area contributed by atoms with Crippen LogP contribution in [-0.4, -0.2) is 116 Å². The normalized spacial score (nSPS) is 19.8. The number of ether oxygens (including phenoxy) is 1. The molecule has 3 amide bonds. The highest BCUT2D eigenvalue weighted by atomic mass is 35.5. The van der Waals surface area contributed by atoms with Crippen molar-refractivity contribution in [3.63, 3.8) is 0 Å². The van der Waals surface area contributed by atoms with Gasteiger partial charge in [0.15, 0.2) is 11.6 Å². The van der Waals surface area contributed by atoms with Crippen molar-refractivity contribution in [2.24, 2.45) is 4.99 Å². The molecule has 3 atom stereocenters. The van der Waals surface area contributed by atoms with Gasteiger partial charge in [-0.25, -0.2) is 19.2 Å². The van der Waals surface area contributed by atoms with Crippen molar-refractivity contribution < 1.29 is 23.5 Å². The molecular formula is C67H79Cl2FN12O4. The van der Waals surface area contributed by atoms with E-state index < -0.39 is 16.9 Å². The molecule has 6 aromatic rings. The highest BCUT2D eigenvalue weighted by Crippen LogP contribution is 2.54. The molecule has 10 rings (SSSR count). The first-order chi connectivity index (χ1) is 41.2. The van der Waals surface area contributed by atoms with Crippen LogP contribution in [0.1, 0.15) is 162 Å². The predicted octanol–water partition coefficient (Wildman–Crippen LogP) is 14.0. The fourth-order valence-corrected chi connectivity index (χ4v) is 13.2. The molecule has 4 aliphatic heterocycles. The number of carbonyl (C=O) groups excluding carboxylic acids is 3. The maximum Gasteiger partial charge on any atom is 0.326 e. The van der Waals surface area contributed by atoms with E-state index >= 15 is 9.18 Å². The molecule has 0 radical (unpaired) electrons. The van der Waals surface area contributed by atoms with Gasteiger partial charge in [0.25, 0.3) is 5.91 Å². The molecule has 19 heteroatoms. The summed E-state index contributed by atoms with van der Waals surface area (Å²) in [6.45, 7) is 25.9. The van der Waals surface area contributed by atoms with Crippen LogP contribution >= 0.6 is 23.2 Å². The number of rotatable bonds is 18. The first kappa shape index (κ1) is 61.7. The van der Waals surface area contributed by atoms with Crippen LogP contribution in [0.4, 0.5) is 26.6 Å². The Labute approximate surface area is 515 Å². The average Bonchev–Trinajstić information content (AvgIpc) is 1.59. The number of nitrogens with zero attached hydrogens (tertiary/aromatic N) is 11. The Bertz CT molecular complexity index is 3550. The summed E-state index contributed by atoms with van der Waals surface area (Å²) in [7, 11) is 1.65. The molecular weight excluding hydrogens is 1130 g/mol. The first-order valence-electron chi connectivity index (χ1n) is 30.4. The SMILES string of the molecule is [C-]#[N+]c1nn(CCCC(=O)CCCCCCCCN2CCN(C(=O)N3C(c4ccc(C(C)(C)C)cc4OCC)=N[C@@](C)(c4ccc(Cl)cc4)[C@@]3(C)c3ccc(Cl)cc3)CC2)c2c1-c1cnc(N)c(n1)N1CCC[C@@H]1c1cc(F)cc(c1)C(=O)N(C)C2. The summed E-state index contributed by atoms with van der Waals surface area (Å²) in [6.07, 6.45) is 10.4. The summed E-state index contributed by atoms with van der Waals surface area (Å²) in [5.41, 5.74) is 10.3. The summed E-state index contributed by atoms with van der Waals surface area (Å²) in [5.74, 6) is 1.29. The zero-order chi connectivity index (χ0) is 61.1. The molecule has 0 aliphatic carbocycles. The van der Waals surface area contributed by atoms with Gasteiger partial charge in [-0.3, -0.25) is 24.4 Å². The molecule has 16 nitrogen and oxygen atoms in total. The minimum Gasteiger partial charge on any atom is -0.493 e. The lowest BCUT2D eigenvalue weighted by atomic mass is 9.71. The third-order valence-corrected chi connectivity index (χ3v) is 18.5. The van der Waals surface area contributed by atoms with Gasteiger partial charge in [-0.05, 0) is 147 Å². The second-order valence-electron chi connectivity index (χ2n) is 24.7. The number of nitrogen functional groups attached to an aromatic ring is 1. The number of aryl methyl sites for hydroxylation is 1. The van der Waals surface area contributed by atoms with Gasteiger partial charge in [0.05, 0.1) is 54.4 Å². The number of Topliss-reactive ketones (excluding diaryl/α,β-unsaturated/α-hetero) is 1. The second kappa shape index (κ2) is 25.9. The number of carbonyl (C=O) groups is 3. The van der Waals surface area contributed by atoms with Gasteiger partial charge in [0.1, 0.15) is 34.3 Å². The predicted molar refractivity (Wildman–Crippen MR) is 338 cm³/mol. The number of urea groups is 1. The van der Waals surface area contributed by atoms with Crippen LogP contribution in [0.5, 0.6) is 5.75 Å². The van der Waals surface area contributed by atoms with Crippen LogP contribution in [0.25, 0.3) is 16.1 Å². The maximum absolute atomic E-state index is 15.6. The maximum atomic E-state index is 15.6. The van der Waals surface area contributed by atoms with Crippen LogP contribution in [0.3, 0.4) is 0 Å². The number of amidine groups is 1. The number of halogens is 3. The number of benzene rings is 4. The van der Waals surface area contributed by atoms with Gasteiger partial charge in [-0.15, -0.1) is 0 Å². The minimum absolute atomic E-state index is 0.0576. The molecule has 452 valence electrons. The topological polar surface area (TPSA) is 163 Å². The van der Waals surface area contributed by atoms with Gasteiger partial charge in [-0.2, -0.15) is 4.68 Å². The summed E-state index contributed by atoms with van der Waals surface area (Å²) in [5, 5.41) is 5.90. The molecule has 4 aromatic carbocycles. The number of ketones is 1. The van der Waals surface area contributed by atoms with Gasteiger partial charge < -0.3 is 30.0 Å². The minimum atomic E-state index is -1.01. The summed E-state index contributed by atoms with van der Waals surface area (Å²) in [6, 6.07) is 25.8. The van der Waals surface area contributed by atoms with Crippen LogP contribution in [0, 0.1) is 12.4 Å². The summed E-state index contributed by atoms with van der Waals surface area (Å²) < 4.78 is 23.3. The third kappa shape index (κ3) is 12.6. The zero-order valence-corrected chi connectivity index (χ0v) is 52.2. The lowest BCUT2D eigenvalue weighted by molar-refractivity contribution is -0.119. The molecule has 86 heavy (non-hydrogen) atoms. The Morgan fingerprint density at radius 1 is 0.849 bits per heavy atom. The number of nitrogens with two attached hydrogens (primary N) is 1. The standard InChI is InChI=1S/C67H79Cl2FN12O4/c1-9-86-57-41-48(65(2,3)4)25-30-53(57)61-75-66(5,46-21-26-49(68)27-22-46)67(6,47-23-28-50(69)29-24-47)82(61)64(85)79-36-34-78(35-37-79)31-15-13-11-10-12-14-18-52(83)19-16-33-81-56-43-77(8)63(84)45-38-44(39-51(70)40-45)55-20-17-32-80(55)62-59(71)73-42-54(74-62)58(56)60(72-7)76-81/h21-30,38-42,55H,9-20,31-37,43H2,1-6,8H3,(H2,71,73)/t55-,66+,67-/m1/s1. The van der Waals surface area contributed by atoms with Crippen molar-refractivity contribution in [3.05, 3.63) is 157 Å². The number of hydrogen-bond donors (Lipinski definition) is 1. The fourth-order valence-electron chi connectivity index (χ4n) is 12.9. The number of piperazine rings is 1. The Morgan fingerprint density at radius 2 is 1.52 bits per heavy atom. The number of unbranched alkanes of at least 4 members (excludes halogenated alkanes) is 5. The molecule has 4 bridgehead atoms. The Hall–Kier alpha value is -7.39. The lowest BCUT2D eigenvalue weighted by Gasteiger charge is -2.47. The van der Waals surface area contributed by atoms with E-state index in [0.29, 0.717) is 108 Å². The number of amides is 3. The third-order valence-electron chi connectivity index (χ3n) is 18.0. The highest BCUT2D eigenvalue weighted by Gasteiger charge is 2.60. The smallest absolute Gasteiger partial charge is 0.326 e. The molecule has 2 N–H and O–H groups in total. The zero-order valence-electron chi connectivity index (χ0n) is 50.6. The van der Waals surface area contributed by atoms with Crippen molar-refractivity contribution >= 4 is 64.2 Å². The van der Waals surface area contributed by atoms with Gasteiger partial charge in [0, 0.05) is 68.2 Å². The Balaban J connectivity index is 0.726. The van der Waals surface area contributed by atoms with Crippen molar-refractivity contribution in [2.45, 2.75) is 148 Å². The first-order valence-corrected chi connectivity index (χ1v) is 31.1. The Morgan fingerprint density at radius 3 is 2.21 bits per heavy atom. The van der Waals surface area contributed by atoms with Crippen LogP contribution < -0.4 is 15.4 Å². The van der Waals surface area contributed by atoms with E-state index in [2.05, 4.69) is 72.6 Å². The van der Waals surface area contributed by atoms with Crippen molar-refractivity contribution in [2.75, 3.05) is 63.6 Å². The van der Waals surface area contributed by atoms with Crippen molar-refractivity contribution in [1.82, 2.24) is 39.3 Å². The van der Waals surface area contributed by atoms with E-state index in [4.69, 9.17) is 50.2 Å². The fraction of sp³-hybridized carbons (Fsp3) is 0.463. The summed E-state index contributed by atoms with van der Waals surface area (Å²) >= 11 is 13.0. The Kier molecular flexibility index (Phi) is 18.6. The van der Waals surface area contributed by atoms with Gasteiger partial charge in [-0.1, -0.05) is 107 Å². The lowest BCUT2D eigenvalue weighted by Crippen LogP contribution is -2.60. The van der Waals surface area contributed by atoms with E-state index in [0.717, 1.165) is 86.8 Å². The molecule has 2 aromatic heterocycles. The molecule has 0 unspecified atom stereocenters. The highest BCUT2D eigenvalue weighted by molar-refractivity contribution is 6.30. The number of hydrogen-bond acceptors (Lipinski definition) is 11. The van der Waals surface area contributed by atoms with E-state index in [1.807, 2.05) is 70.2 Å². The molecule has 4 aliphatic rings. The van der Waals surface area contributed by atoms with Crippen LogP contribution in [0.2, 0.25) is 10.0 Å². The van der Waals surface area contributed by atoms with Crippen molar-refractivity contribution in [3.8, 4) is 17.0 Å². The van der Waals surface area contributed by atoms with Crippen molar-refractivity contribution in [1.29, 1.82) is 0 Å². The van der Waals surface area contributed by atoms with Crippen LogP contribution in [0.15, 0.2) is 96.1 Å². The number of anilines is 2. The summed E-state index contributed by atoms with van der Waals surface area (Å²) in [4.78, 5) is 71.6. The average molecular weight is 1210 g/mol. The van der Waals surface area contributed by atoms with E-state index in [9.17, 15) is 9.59 Å². The monoisotopic (exact) mass is 1200 g/mol. The van der Waals surface area contributed by atoms with E-state index in [1.165, 1.54) is 23.2 Å². The molecule has 0 saturated carbocycles. The number of aromatic nitrogens is 4. The van der Waals surface area contributed by atoms with Gasteiger partial charge in [0.2, 0.25) is 0 Å². The number of aliphatic imine (C=N–C) groups is 1. The quantitative estimate of drug-likeness (QED) is 0.0647. The second-order valence-corrected chi connectivity index (χ2v) is 25.6. The molecule has 2 saturated heterocycles. The molecule has 6 heterocycles. The largest absolute Gasteiger partial charge is 0.493 e. The number of fused-ring (bicyclic) bond motifs is 9. The van der Waals surface area contributed by atoms with Crippen LogP contribution in [-0.2, 0) is 34.4 Å². The molecule has 0 spiro atoms. The van der Waals surface area contributed by atoms with E-state index in [1.54, 1.807) is 17.8 Å². The van der Waals surface area contributed by atoms with Gasteiger partial charge >= 0.3 is 11.8 Å². The van der Waals surface area contributed by atoms with E-state index in [-0.39, 0.29) is 52.9 Å².